The highest BCUT2D eigenvalue weighted by Crippen LogP contribution is 2.35. The first-order valence-corrected chi connectivity index (χ1v) is 11.8. The van der Waals surface area contributed by atoms with E-state index in [9.17, 15) is 13.2 Å². The van der Waals surface area contributed by atoms with Gasteiger partial charge in [-0.1, -0.05) is 57.2 Å². The standard InChI is InChI=1S/C23H30N2O4S/c1-6-30(27,28)25-15-21(29-20-10-8-7-9-19(20)25)22(26)24-16(2)17-11-13-18(14-12-17)23(3,4)5/h7-14,16,21H,6,15H2,1-5H3,(H,24,26)/t16-,21+/m1/s1. The zero-order chi connectivity index (χ0) is 22.1. The van der Waals surface area contributed by atoms with E-state index in [1.807, 2.05) is 19.1 Å². The third-order valence-electron chi connectivity index (χ3n) is 5.36. The van der Waals surface area contributed by atoms with Gasteiger partial charge in [-0.25, -0.2) is 8.42 Å². The Kier molecular flexibility index (Phi) is 6.13. The van der Waals surface area contributed by atoms with Crippen LogP contribution >= 0.6 is 0 Å². The Morgan fingerprint density at radius 2 is 1.80 bits per heavy atom. The lowest BCUT2D eigenvalue weighted by Crippen LogP contribution is -2.51. The number of anilines is 1. The van der Waals surface area contributed by atoms with Gasteiger partial charge in [0.2, 0.25) is 10.0 Å². The van der Waals surface area contributed by atoms with Crippen molar-refractivity contribution >= 4 is 21.6 Å². The fourth-order valence-electron chi connectivity index (χ4n) is 3.42. The maximum absolute atomic E-state index is 12.9. The van der Waals surface area contributed by atoms with Crippen LogP contribution in [-0.4, -0.2) is 32.7 Å². The van der Waals surface area contributed by atoms with Crippen LogP contribution < -0.4 is 14.4 Å². The number of carbonyl (C=O) groups excluding carboxylic acids is 1. The molecule has 1 amide bonds. The number of benzene rings is 2. The summed E-state index contributed by atoms with van der Waals surface area (Å²) in [6.07, 6.45) is -0.919. The number of carbonyl (C=O) groups is 1. The first kappa shape index (κ1) is 22.2. The highest BCUT2D eigenvalue weighted by molar-refractivity contribution is 7.92. The molecule has 0 unspecified atom stereocenters. The summed E-state index contributed by atoms with van der Waals surface area (Å²) in [5.74, 6) is 0.00274. The Labute approximate surface area is 179 Å². The Balaban J connectivity index is 1.77. The summed E-state index contributed by atoms with van der Waals surface area (Å²) in [7, 11) is -3.53. The monoisotopic (exact) mass is 430 g/mol. The van der Waals surface area contributed by atoms with Crippen LogP contribution in [0.15, 0.2) is 48.5 Å². The molecule has 0 bridgehead atoms. The quantitative estimate of drug-likeness (QED) is 0.783. The van der Waals surface area contributed by atoms with Crippen molar-refractivity contribution in [2.45, 2.75) is 52.2 Å². The molecule has 0 fully saturated rings. The molecule has 1 aliphatic rings. The van der Waals surface area contributed by atoms with Crippen molar-refractivity contribution in [1.29, 1.82) is 0 Å². The number of ether oxygens (including phenoxy) is 1. The van der Waals surface area contributed by atoms with E-state index in [0.29, 0.717) is 11.4 Å². The summed E-state index contributed by atoms with van der Waals surface area (Å²) in [6, 6.07) is 14.8. The summed E-state index contributed by atoms with van der Waals surface area (Å²) >= 11 is 0. The van der Waals surface area contributed by atoms with E-state index in [0.717, 1.165) is 5.56 Å². The van der Waals surface area contributed by atoms with E-state index >= 15 is 0 Å². The van der Waals surface area contributed by atoms with E-state index < -0.39 is 16.1 Å². The molecule has 0 saturated heterocycles. The van der Waals surface area contributed by atoms with Crippen molar-refractivity contribution in [3.05, 3.63) is 59.7 Å². The smallest absolute Gasteiger partial charge is 0.263 e. The van der Waals surface area contributed by atoms with E-state index in [4.69, 9.17) is 4.74 Å². The van der Waals surface area contributed by atoms with Crippen LogP contribution in [0.25, 0.3) is 0 Å². The number of hydrogen-bond donors (Lipinski definition) is 1. The second-order valence-corrected chi connectivity index (χ2v) is 10.8. The Morgan fingerprint density at radius 1 is 1.17 bits per heavy atom. The SMILES string of the molecule is CCS(=O)(=O)N1C[C@@H](C(=O)N[C@H](C)c2ccc(C(C)(C)C)cc2)Oc2ccccc21. The lowest BCUT2D eigenvalue weighted by molar-refractivity contribution is -0.128. The molecule has 1 N–H and O–H groups in total. The van der Waals surface area contributed by atoms with E-state index in [2.05, 4.69) is 38.2 Å². The number of nitrogens with one attached hydrogen (secondary N) is 1. The molecule has 1 heterocycles. The van der Waals surface area contributed by atoms with Gasteiger partial charge in [-0.05, 0) is 42.5 Å². The fraction of sp³-hybridized carbons (Fsp3) is 0.435. The van der Waals surface area contributed by atoms with Crippen LogP contribution in [-0.2, 0) is 20.2 Å². The maximum Gasteiger partial charge on any atom is 0.263 e. The van der Waals surface area contributed by atoms with E-state index in [1.165, 1.54) is 9.87 Å². The predicted octanol–water partition coefficient (Wildman–Crippen LogP) is 3.78. The lowest BCUT2D eigenvalue weighted by atomic mass is 9.86. The van der Waals surface area contributed by atoms with Gasteiger partial charge in [-0.3, -0.25) is 9.10 Å². The maximum atomic E-state index is 12.9. The lowest BCUT2D eigenvalue weighted by Gasteiger charge is -2.35. The summed E-state index contributed by atoms with van der Waals surface area (Å²) in [6.45, 7) is 9.91. The van der Waals surface area contributed by atoms with Crippen LogP contribution in [0.3, 0.4) is 0 Å². The second-order valence-electron chi connectivity index (χ2n) is 8.61. The minimum Gasteiger partial charge on any atom is -0.476 e. The van der Waals surface area contributed by atoms with E-state index in [-0.39, 0.29) is 29.7 Å². The van der Waals surface area contributed by atoms with Gasteiger partial charge in [-0.2, -0.15) is 0 Å². The summed E-state index contributed by atoms with van der Waals surface area (Å²) < 4.78 is 32.3. The minimum absolute atomic E-state index is 0.0469. The van der Waals surface area contributed by atoms with Crippen LogP contribution in [0.1, 0.15) is 51.8 Å². The van der Waals surface area contributed by atoms with Gasteiger partial charge in [0.1, 0.15) is 5.75 Å². The number of fused-ring (bicyclic) bond motifs is 1. The number of amides is 1. The molecular weight excluding hydrogens is 400 g/mol. The molecule has 7 heteroatoms. The molecule has 0 aliphatic carbocycles. The molecule has 2 aromatic rings. The number of sulfonamides is 1. The highest BCUT2D eigenvalue weighted by Gasteiger charge is 2.36. The van der Waals surface area contributed by atoms with Gasteiger partial charge in [0.25, 0.3) is 5.91 Å². The van der Waals surface area contributed by atoms with Crippen molar-refractivity contribution in [3.63, 3.8) is 0 Å². The largest absolute Gasteiger partial charge is 0.476 e. The first-order valence-electron chi connectivity index (χ1n) is 10.2. The van der Waals surface area contributed by atoms with Crippen molar-refractivity contribution in [2.24, 2.45) is 0 Å². The van der Waals surface area contributed by atoms with Crippen molar-refractivity contribution in [3.8, 4) is 5.75 Å². The first-order chi connectivity index (χ1) is 14.0. The second kappa shape index (κ2) is 8.30. The molecule has 0 radical (unpaired) electrons. The molecule has 2 aromatic carbocycles. The normalized spacial score (nSPS) is 17.6. The van der Waals surface area contributed by atoms with Gasteiger partial charge < -0.3 is 10.1 Å². The molecule has 0 spiro atoms. The van der Waals surface area contributed by atoms with Gasteiger partial charge in [-0.15, -0.1) is 0 Å². The molecule has 2 atom stereocenters. The summed E-state index contributed by atoms with van der Waals surface area (Å²) in [4.78, 5) is 12.9. The molecule has 0 aromatic heterocycles. The van der Waals surface area contributed by atoms with Gasteiger partial charge >= 0.3 is 0 Å². The minimum atomic E-state index is -3.53. The van der Waals surface area contributed by atoms with Crippen molar-refractivity contribution < 1.29 is 17.9 Å². The zero-order valence-corrected chi connectivity index (χ0v) is 19.0. The third-order valence-corrected chi connectivity index (χ3v) is 7.11. The van der Waals surface area contributed by atoms with Gasteiger partial charge in [0.05, 0.1) is 24.0 Å². The average Bonchev–Trinajstić information content (AvgIpc) is 2.72. The Morgan fingerprint density at radius 3 is 2.40 bits per heavy atom. The molecule has 162 valence electrons. The number of nitrogens with zero attached hydrogens (tertiary/aromatic N) is 1. The van der Waals surface area contributed by atoms with Gasteiger partial charge in [0.15, 0.2) is 6.10 Å². The molecule has 1 aliphatic heterocycles. The molecule has 6 nitrogen and oxygen atoms in total. The third kappa shape index (κ3) is 4.61. The molecule has 3 rings (SSSR count). The molecular formula is C23H30N2O4S. The van der Waals surface area contributed by atoms with Crippen LogP contribution in [0.5, 0.6) is 5.75 Å². The van der Waals surface area contributed by atoms with Crippen molar-refractivity contribution in [1.82, 2.24) is 5.32 Å². The molecule has 0 saturated carbocycles. The highest BCUT2D eigenvalue weighted by atomic mass is 32.2. The number of rotatable bonds is 5. The number of para-hydroxylation sites is 2. The predicted molar refractivity (Wildman–Crippen MR) is 119 cm³/mol. The topological polar surface area (TPSA) is 75.7 Å². The Hall–Kier alpha value is -2.54. The van der Waals surface area contributed by atoms with Gasteiger partial charge in [0, 0.05) is 0 Å². The summed E-state index contributed by atoms with van der Waals surface area (Å²) in [5, 5.41) is 2.96. The average molecular weight is 431 g/mol. The summed E-state index contributed by atoms with van der Waals surface area (Å²) in [5.41, 5.74) is 2.72. The fourth-order valence-corrected chi connectivity index (χ4v) is 4.54. The van der Waals surface area contributed by atoms with Crippen LogP contribution in [0.4, 0.5) is 5.69 Å². The number of hydrogen-bond acceptors (Lipinski definition) is 4. The zero-order valence-electron chi connectivity index (χ0n) is 18.2. The van der Waals surface area contributed by atoms with Crippen LogP contribution in [0.2, 0.25) is 0 Å². The van der Waals surface area contributed by atoms with E-state index in [1.54, 1.807) is 31.2 Å². The van der Waals surface area contributed by atoms with Crippen LogP contribution in [0, 0.1) is 0 Å². The van der Waals surface area contributed by atoms with Crippen molar-refractivity contribution in [2.75, 3.05) is 16.6 Å². The molecule has 30 heavy (non-hydrogen) atoms. The Bertz CT molecular complexity index is 1010.